The van der Waals surface area contributed by atoms with Gasteiger partial charge in [-0.15, -0.1) is 11.3 Å². The molecule has 0 bridgehead atoms. The molecule has 3 rings (SSSR count). The zero-order valence-corrected chi connectivity index (χ0v) is 8.81. The van der Waals surface area contributed by atoms with Gasteiger partial charge in [-0.1, -0.05) is 18.2 Å². The van der Waals surface area contributed by atoms with Crippen molar-refractivity contribution in [1.29, 1.82) is 0 Å². The Morgan fingerprint density at radius 3 is 3.00 bits per heavy atom. The van der Waals surface area contributed by atoms with Gasteiger partial charge in [0.15, 0.2) is 0 Å². The van der Waals surface area contributed by atoms with E-state index in [0.29, 0.717) is 6.04 Å². The van der Waals surface area contributed by atoms with Crippen molar-refractivity contribution in [2.45, 2.75) is 18.9 Å². The number of benzene rings is 1. The molecule has 1 aromatic heterocycles. The molecule has 2 aromatic rings. The van der Waals surface area contributed by atoms with Gasteiger partial charge in [-0.25, -0.2) is 0 Å². The van der Waals surface area contributed by atoms with Gasteiger partial charge in [-0.2, -0.15) is 0 Å². The predicted octanol–water partition coefficient (Wildman–Crippen LogP) is 3.33. The summed E-state index contributed by atoms with van der Waals surface area (Å²) in [5, 5.41) is 4.93. The Bertz CT molecular complexity index is 407. The Balaban J connectivity index is 2.05. The molecule has 1 N–H and O–H groups in total. The van der Waals surface area contributed by atoms with Gasteiger partial charge in [-0.3, -0.25) is 0 Å². The minimum Gasteiger partial charge on any atom is -0.309 e. The van der Waals surface area contributed by atoms with E-state index in [2.05, 4.69) is 35.6 Å². The lowest BCUT2D eigenvalue weighted by Gasteiger charge is -2.05. The fourth-order valence-corrected chi connectivity index (χ4v) is 3.28. The molecule has 1 aromatic carbocycles. The van der Waals surface area contributed by atoms with E-state index in [1.54, 1.807) is 0 Å². The lowest BCUT2D eigenvalue weighted by Crippen LogP contribution is -2.11. The van der Waals surface area contributed by atoms with Crippen molar-refractivity contribution in [2.24, 2.45) is 0 Å². The molecular formula is C12H13NS. The van der Waals surface area contributed by atoms with Gasteiger partial charge in [0, 0.05) is 15.6 Å². The van der Waals surface area contributed by atoms with Crippen molar-refractivity contribution in [2.75, 3.05) is 6.54 Å². The maximum Gasteiger partial charge on any atom is 0.0415 e. The third-order valence-corrected chi connectivity index (χ3v) is 4.08. The molecule has 0 spiro atoms. The van der Waals surface area contributed by atoms with Gasteiger partial charge >= 0.3 is 0 Å². The SMILES string of the molecule is c1ccc2sc([C@@H]3CCCN3)cc2c1. The van der Waals surface area contributed by atoms with Crippen molar-refractivity contribution >= 4 is 21.4 Å². The Kier molecular flexibility index (Phi) is 2.03. The summed E-state index contributed by atoms with van der Waals surface area (Å²) in [6.45, 7) is 1.18. The molecule has 1 nitrogen and oxygen atoms in total. The summed E-state index contributed by atoms with van der Waals surface area (Å²) in [6.07, 6.45) is 2.62. The molecule has 2 heteroatoms. The lowest BCUT2D eigenvalue weighted by atomic mass is 10.2. The van der Waals surface area contributed by atoms with Crippen LogP contribution in [-0.2, 0) is 0 Å². The molecule has 0 amide bonds. The highest BCUT2D eigenvalue weighted by atomic mass is 32.1. The van der Waals surface area contributed by atoms with E-state index >= 15 is 0 Å². The van der Waals surface area contributed by atoms with Crippen molar-refractivity contribution < 1.29 is 0 Å². The summed E-state index contributed by atoms with van der Waals surface area (Å²) in [7, 11) is 0. The number of hydrogen-bond acceptors (Lipinski definition) is 2. The Morgan fingerprint density at radius 2 is 2.21 bits per heavy atom. The number of fused-ring (bicyclic) bond motifs is 1. The second-order valence-electron chi connectivity index (χ2n) is 3.84. The first kappa shape index (κ1) is 8.45. The van der Waals surface area contributed by atoms with Gasteiger partial charge < -0.3 is 5.32 Å². The van der Waals surface area contributed by atoms with Gasteiger partial charge in [0.25, 0.3) is 0 Å². The van der Waals surface area contributed by atoms with Crippen LogP contribution in [0.5, 0.6) is 0 Å². The number of thiophene rings is 1. The molecule has 1 saturated heterocycles. The van der Waals surface area contributed by atoms with E-state index in [0.717, 1.165) is 0 Å². The third-order valence-electron chi connectivity index (χ3n) is 2.85. The van der Waals surface area contributed by atoms with Crippen molar-refractivity contribution in [3.63, 3.8) is 0 Å². The first-order valence-electron chi connectivity index (χ1n) is 5.15. The minimum absolute atomic E-state index is 0.618. The monoisotopic (exact) mass is 203 g/mol. The van der Waals surface area contributed by atoms with E-state index in [9.17, 15) is 0 Å². The van der Waals surface area contributed by atoms with Crippen LogP contribution in [0.15, 0.2) is 30.3 Å². The first-order chi connectivity index (χ1) is 6.93. The van der Waals surface area contributed by atoms with Crippen LogP contribution < -0.4 is 5.32 Å². The molecular weight excluding hydrogens is 190 g/mol. The van der Waals surface area contributed by atoms with Gasteiger partial charge in [-0.05, 0) is 36.9 Å². The fourth-order valence-electron chi connectivity index (χ4n) is 2.10. The highest BCUT2D eigenvalue weighted by Gasteiger charge is 2.17. The summed E-state index contributed by atoms with van der Waals surface area (Å²) in [5.41, 5.74) is 0. The second-order valence-corrected chi connectivity index (χ2v) is 4.95. The highest BCUT2D eigenvalue weighted by Crippen LogP contribution is 2.33. The Hall–Kier alpha value is -0.860. The van der Waals surface area contributed by atoms with Crippen LogP contribution in [0, 0.1) is 0 Å². The van der Waals surface area contributed by atoms with E-state index in [4.69, 9.17) is 0 Å². The summed E-state index contributed by atoms with van der Waals surface area (Å²) < 4.78 is 1.41. The molecule has 0 saturated carbocycles. The molecule has 2 heterocycles. The average molecular weight is 203 g/mol. The van der Waals surface area contributed by atoms with Crippen molar-refractivity contribution in [1.82, 2.24) is 5.32 Å². The fraction of sp³-hybridized carbons (Fsp3) is 0.333. The predicted molar refractivity (Wildman–Crippen MR) is 61.8 cm³/mol. The molecule has 72 valence electrons. The normalized spacial score (nSPS) is 21.9. The van der Waals surface area contributed by atoms with Gasteiger partial charge in [0.1, 0.15) is 0 Å². The topological polar surface area (TPSA) is 12.0 Å². The molecule has 1 aliphatic rings. The van der Waals surface area contributed by atoms with E-state index in [1.165, 1.54) is 34.3 Å². The number of rotatable bonds is 1. The molecule has 0 aliphatic carbocycles. The summed E-state index contributed by atoms with van der Waals surface area (Å²) in [6, 6.07) is 11.6. The molecule has 0 radical (unpaired) electrons. The standard InChI is InChI=1S/C12H13NS/c1-2-6-11-9(4-1)8-12(14-11)10-5-3-7-13-10/h1-2,4,6,8,10,13H,3,5,7H2/t10-/m0/s1. The third kappa shape index (κ3) is 1.35. The zero-order chi connectivity index (χ0) is 9.38. The van der Waals surface area contributed by atoms with E-state index in [-0.39, 0.29) is 0 Å². The van der Waals surface area contributed by atoms with E-state index < -0.39 is 0 Å². The van der Waals surface area contributed by atoms with Crippen LogP contribution in [0.2, 0.25) is 0 Å². The zero-order valence-electron chi connectivity index (χ0n) is 7.99. The van der Waals surface area contributed by atoms with Crippen LogP contribution in [0.3, 0.4) is 0 Å². The minimum atomic E-state index is 0.618. The Labute approximate surface area is 87.8 Å². The van der Waals surface area contributed by atoms with Crippen LogP contribution in [-0.4, -0.2) is 6.54 Å². The maximum atomic E-state index is 3.54. The summed E-state index contributed by atoms with van der Waals surface area (Å²) >= 11 is 1.93. The van der Waals surface area contributed by atoms with E-state index in [1.807, 2.05) is 11.3 Å². The van der Waals surface area contributed by atoms with Gasteiger partial charge in [0.05, 0.1) is 0 Å². The quantitative estimate of drug-likeness (QED) is 0.749. The maximum absolute atomic E-state index is 3.54. The molecule has 0 unspecified atom stereocenters. The summed E-state index contributed by atoms with van der Waals surface area (Å²) in [4.78, 5) is 1.50. The van der Waals surface area contributed by atoms with Gasteiger partial charge in [0.2, 0.25) is 0 Å². The summed E-state index contributed by atoms with van der Waals surface area (Å²) in [5.74, 6) is 0. The van der Waals surface area contributed by atoms with Crippen molar-refractivity contribution in [3.05, 3.63) is 35.2 Å². The number of hydrogen-bond donors (Lipinski definition) is 1. The molecule has 1 atom stereocenters. The van der Waals surface area contributed by atoms with Crippen LogP contribution in [0.25, 0.3) is 10.1 Å². The molecule has 1 aliphatic heterocycles. The van der Waals surface area contributed by atoms with Crippen LogP contribution in [0.4, 0.5) is 0 Å². The largest absolute Gasteiger partial charge is 0.309 e. The highest BCUT2D eigenvalue weighted by molar-refractivity contribution is 7.19. The second kappa shape index (κ2) is 3.37. The first-order valence-corrected chi connectivity index (χ1v) is 5.97. The van der Waals surface area contributed by atoms with Crippen molar-refractivity contribution in [3.8, 4) is 0 Å². The molecule has 14 heavy (non-hydrogen) atoms. The molecule has 1 fully saturated rings. The lowest BCUT2D eigenvalue weighted by molar-refractivity contribution is 0.660. The average Bonchev–Trinajstić information content (AvgIpc) is 2.86. The van der Waals surface area contributed by atoms with Crippen LogP contribution >= 0.6 is 11.3 Å². The Morgan fingerprint density at radius 1 is 1.29 bits per heavy atom. The number of nitrogens with one attached hydrogen (secondary N) is 1. The van der Waals surface area contributed by atoms with Crippen LogP contribution in [0.1, 0.15) is 23.8 Å². The smallest absolute Gasteiger partial charge is 0.0415 e.